The first-order valence-electron chi connectivity index (χ1n) is 9.14. The molecule has 27 heavy (non-hydrogen) atoms. The molecule has 9 heteroatoms. The Kier molecular flexibility index (Phi) is 4.51. The van der Waals surface area contributed by atoms with Gasteiger partial charge >= 0.3 is 0 Å². The lowest BCUT2D eigenvalue weighted by molar-refractivity contribution is -0.119. The minimum atomic E-state index is -3.55. The average molecular weight is 389 g/mol. The van der Waals surface area contributed by atoms with Crippen LogP contribution in [0.4, 0.5) is 5.69 Å². The fraction of sp³-hybridized carbons (Fsp3) is 0.500. The molecule has 1 aliphatic heterocycles. The molecule has 144 valence electrons. The van der Waals surface area contributed by atoms with E-state index >= 15 is 0 Å². The van der Waals surface area contributed by atoms with Crippen LogP contribution in [0.5, 0.6) is 0 Å². The van der Waals surface area contributed by atoms with Crippen LogP contribution in [0.15, 0.2) is 24.3 Å². The minimum absolute atomic E-state index is 0.267. The Morgan fingerprint density at radius 3 is 2.67 bits per heavy atom. The second-order valence-corrected chi connectivity index (χ2v) is 9.70. The van der Waals surface area contributed by atoms with Crippen molar-refractivity contribution in [2.75, 3.05) is 24.7 Å². The van der Waals surface area contributed by atoms with E-state index < -0.39 is 20.5 Å². The van der Waals surface area contributed by atoms with Crippen molar-refractivity contribution in [1.29, 1.82) is 0 Å². The van der Waals surface area contributed by atoms with Gasteiger partial charge in [0, 0.05) is 23.4 Å². The number of benzene rings is 1. The molecule has 3 N–H and O–H groups in total. The van der Waals surface area contributed by atoms with Crippen molar-refractivity contribution < 1.29 is 13.2 Å². The van der Waals surface area contributed by atoms with Crippen molar-refractivity contribution >= 4 is 21.4 Å². The maximum Gasteiger partial charge on any atom is 0.245 e. The lowest BCUT2D eigenvalue weighted by Gasteiger charge is -2.34. The number of nitrogens with one attached hydrogen (secondary N) is 3. The van der Waals surface area contributed by atoms with E-state index in [1.165, 1.54) is 0 Å². The molecule has 1 aromatic carbocycles. The molecule has 0 radical (unpaired) electrons. The number of H-pyrrole nitrogens is 1. The van der Waals surface area contributed by atoms with Crippen LogP contribution in [-0.4, -0.2) is 53.6 Å². The zero-order valence-corrected chi connectivity index (χ0v) is 16.0. The molecular formula is C18H23N5O3S. The van der Waals surface area contributed by atoms with Crippen LogP contribution < -0.4 is 10.6 Å². The summed E-state index contributed by atoms with van der Waals surface area (Å²) < 4.78 is 23.4. The number of anilines is 1. The van der Waals surface area contributed by atoms with Gasteiger partial charge < -0.3 is 10.6 Å². The van der Waals surface area contributed by atoms with Gasteiger partial charge in [-0.1, -0.05) is 12.1 Å². The van der Waals surface area contributed by atoms with Crippen molar-refractivity contribution in [2.24, 2.45) is 0 Å². The summed E-state index contributed by atoms with van der Waals surface area (Å²) in [6.45, 7) is 1.00. The van der Waals surface area contributed by atoms with Crippen molar-refractivity contribution in [3.63, 3.8) is 0 Å². The van der Waals surface area contributed by atoms with Gasteiger partial charge in [-0.25, -0.2) is 13.4 Å². The Morgan fingerprint density at radius 2 is 2.00 bits per heavy atom. The van der Waals surface area contributed by atoms with Crippen LogP contribution in [0.3, 0.4) is 0 Å². The van der Waals surface area contributed by atoms with Gasteiger partial charge in [0.2, 0.25) is 5.91 Å². The third kappa shape index (κ3) is 3.49. The molecule has 2 aromatic rings. The summed E-state index contributed by atoms with van der Waals surface area (Å²) in [6, 6.07) is 7.18. The normalized spacial score (nSPS) is 19.6. The summed E-state index contributed by atoms with van der Waals surface area (Å²) in [5.41, 5.74) is 1.31. The highest BCUT2D eigenvalue weighted by atomic mass is 32.2. The second kappa shape index (κ2) is 6.72. The minimum Gasteiger partial charge on any atom is -0.325 e. The number of amides is 1. The number of sulfone groups is 1. The summed E-state index contributed by atoms with van der Waals surface area (Å²) in [4.78, 5) is 17.5. The number of piperidine rings is 1. The SMILES string of the molecule is CS(=O)(=O)C1(C(=O)Nc2cccc(-c3n[nH]c(C4CC4)n3)c2)CCNCC1. The van der Waals surface area contributed by atoms with E-state index in [0.29, 0.717) is 30.5 Å². The topological polar surface area (TPSA) is 117 Å². The molecule has 1 amide bonds. The smallest absolute Gasteiger partial charge is 0.245 e. The zero-order chi connectivity index (χ0) is 19.1. The van der Waals surface area contributed by atoms with Gasteiger partial charge in [-0.2, -0.15) is 5.10 Å². The van der Waals surface area contributed by atoms with Crippen molar-refractivity contribution in [1.82, 2.24) is 20.5 Å². The average Bonchev–Trinajstić information content (AvgIpc) is 3.38. The van der Waals surface area contributed by atoms with Crippen LogP contribution >= 0.6 is 0 Å². The molecule has 0 spiro atoms. The number of aromatic nitrogens is 3. The number of rotatable bonds is 5. The van der Waals surface area contributed by atoms with Gasteiger partial charge in [-0.05, 0) is 50.9 Å². The predicted molar refractivity (Wildman–Crippen MR) is 102 cm³/mol. The first kappa shape index (κ1) is 18.1. The van der Waals surface area contributed by atoms with Crippen LogP contribution in [0, 0.1) is 0 Å². The van der Waals surface area contributed by atoms with E-state index in [1.807, 2.05) is 6.07 Å². The summed E-state index contributed by atoms with van der Waals surface area (Å²) >= 11 is 0. The lowest BCUT2D eigenvalue weighted by Crippen LogP contribution is -2.55. The monoisotopic (exact) mass is 389 g/mol. The van der Waals surface area contributed by atoms with E-state index in [0.717, 1.165) is 30.5 Å². The number of nitrogens with zero attached hydrogens (tertiary/aromatic N) is 2. The largest absolute Gasteiger partial charge is 0.325 e. The van der Waals surface area contributed by atoms with Gasteiger partial charge in [-0.3, -0.25) is 9.89 Å². The third-order valence-electron chi connectivity index (χ3n) is 5.38. The van der Waals surface area contributed by atoms with Crippen molar-refractivity contribution in [2.45, 2.75) is 36.3 Å². The number of carbonyl (C=O) groups excluding carboxylic acids is 1. The van der Waals surface area contributed by atoms with E-state index in [-0.39, 0.29) is 12.8 Å². The molecule has 0 atom stereocenters. The van der Waals surface area contributed by atoms with E-state index in [4.69, 9.17) is 0 Å². The predicted octanol–water partition coefficient (Wildman–Crippen LogP) is 1.45. The highest BCUT2D eigenvalue weighted by molar-refractivity contribution is 7.92. The van der Waals surface area contributed by atoms with Crippen LogP contribution in [0.25, 0.3) is 11.4 Å². The molecule has 8 nitrogen and oxygen atoms in total. The molecule has 2 fully saturated rings. The van der Waals surface area contributed by atoms with Gasteiger partial charge in [0.1, 0.15) is 5.82 Å². The van der Waals surface area contributed by atoms with Gasteiger partial charge in [0.05, 0.1) is 0 Å². The third-order valence-corrected chi connectivity index (χ3v) is 7.39. The van der Waals surface area contributed by atoms with E-state index in [9.17, 15) is 13.2 Å². The Labute approximate surface area is 158 Å². The number of hydrogen-bond donors (Lipinski definition) is 3. The Balaban J connectivity index is 1.57. The fourth-order valence-electron chi connectivity index (χ4n) is 3.52. The second-order valence-electron chi connectivity index (χ2n) is 7.37. The first-order chi connectivity index (χ1) is 12.9. The van der Waals surface area contributed by atoms with Gasteiger partial charge in [0.25, 0.3) is 0 Å². The maximum absolute atomic E-state index is 12.9. The molecule has 2 heterocycles. The summed E-state index contributed by atoms with van der Waals surface area (Å²) in [5.74, 6) is 1.47. The molecule has 1 aromatic heterocycles. The fourth-order valence-corrected chi connectivity index (χ4v) is 4.85. The number of hydrogen-bond acceptors (Lipinski definition) is 6. The van der Waals surface area contributed by atoms with Crippen molar-refractivity contribution in [3.8, 4) is 11.4 Å². The van der Waals surface area contributed by atoms with Gasteiger partial charge in [-0.15, -0.1) is 0 Å². The summed E-state index contributed by atoms with van der Waals surface area (Å²) in [7, 11) is -3.55. The first-order valence-corrected chi connectivity index (χ1v) is 11.0. The van der Waals surface area contributed by atoms with E-state index in [1.54, 1.807) is 18.2 Å². The van der Waals surface area contributed by atoms with E-state index in [2.05, 4.69) is 25.8 Å². The molecule has 1 saturated carbocycles. The molecule has 0 unspecified atom stereocenters. The Morgan fingerprint density at radius 1 is 1.26 bits per heavy atom. The molecular weight excluding hydrogens is 366 g/mol. The standard InChI is InChI=1S/C18H23N5O3S/c1-27(25,26)18(7-9-19-10-8-18)17(24)20-14-4-2-3-13(11-14)16-21-15(22-23-16)12-5-6-12/h2-4,11-12,19H,5-10H2,1H3,(H,20,24)(H,21,22,23). The zero-order valence-electron chi connectivity index (χ0n) is 15.2. The molecule has 1 aliphatic carbocycles. The van der Waals surface area contributed by atoms with Crippen LogP contribution in [0.1, 0.15) is 37.4 Å². The number of aromatic amines is 1. The molecule has 0 bridgehead atoms. The highest BCUT2D eigenvalue weighted by Gasteiger charge is 2.48. The Hall–Kier alpha value is -2.26. The van der Waals surface area contributed by atoms with Crippen LogP contribution in [-0.2, 0) is 14.6 Å². The molecule has 4 rings (SSSR count). The quantitative estimate of drug-likeness (QED) is 0.713. The van der Waals surface area contributed by atoms with Gasteiger partial charge in [0.15, 0.2) is 20.4 Å². The highest BCUT2D eigenvalue weighted by Crippen LogP contribution is 2.38. The lowest BCUT2D eigenvalue weighted by atomic mass is 9.95. The maximum atomic E-state index is 12.9. The molecule has 2 aliphatic rings. The Bertz CT molecular complexity index is 959. The summed E-state index contributed by atoms with van der Waals surface area (Å²) in [6.07, 6.45) is 3.94. The number of carbonyl (C=O) groups is 1. The van der Waals surface area contributed by atoms with Crippen molar-refractivity contribution in [3.05, 3.63) is 30.1 Å². The van der Waals surface area contributed by atoms with Crippen LogP contribution in [0.2, 0.25) is 0 Å². The molecule has 1 saturated heterocycles. The summed E-state index contributed by atoms with van der Waals surface area (Å²) in [5, 5.41) is 13.1.